The number of hydrogen-bond acceptors (Lipinski definition) is 7. The first kappa shape index (κ1) is 21.6. The third kappa shape index (κ3) is 4.11. The number of nitro groups is 1. The lowest BCUT2D eigenvalue weighted by atomic mass is 9.84. The first-order valence-electron chi connectivity index (χ1n) is 9.81. The molecule has 0 aromatic heterocycles. The van der Waals surface area contributed by atoms with Crippen molar-refractivity contribution in [2.45, 2.75) is 6.92 Å². The number of fused-ring (bicyclic) bond motifs is 2. The number of hydrogen-bond donors (Lipinski definition) is 1. The van der Waals surface area contributed by atoms with Gasteiger partial charge in [0.05, 0.1) is 10.5 Å². The number of nitrogens with zero attached hydrogens (tertiary/aromatic N) is 1. The van der Waals surface area contributed by atoms with Gasteiger partial charge < -0.3 is 10.1 Å². The molecule has 0 heterocycles. The third-order valence-electron chi connectivity index (χ3n) is 5.18. The van der Waals surface area contributed by atoms with E-state index in [9.17, 15) is 29.3 Å². The van der Waals surface area contributed by atoms with Gasteiger partial charge in [-0.15, -0.1) is 0 Å². The van der Waals surface area contributed by atoms with Crippen LogP contribution in [-0.4, -0.2) is 35.0 Å². The summed E-state index contributed by atoms with van der Waals surface area (Å²) in [5.41, 5.74) is 1.37. The summed E-state index contributed by atoms with van der Waals surface area (Å²) in [5.74, 6) is -2.18. The second-order valence-corrected chi connectivity index (χ2v) is 7.35. The molecule has 164 valence electrons. The van der Waals surface area contributed by atoms with E-state index in [2.05, 4.69) is 5.32 Å². The van der Waals surface area contributed by atoms with Gasteiger partial charge in [-0.3, -0.25) is 24.5 Å². The minimum atomic E-state index is -0.893. The number of nitrogens with one attached hydrogen (secondary N) is 1. The molecular formula is C24H16N2O7. The topological polar surface area (TPSA) is 133 Å². The Labute approximate surface area is 187 Å². The molecule has 0 aliphatic heterocycles. The summed E-state index contributed by atoms with van der Waals surface area (Å²) in [5, 5.41) is 13.5. The Morgan fingerprint density at radius 3 is 2.21 bits per heavy atom. The number of esters is 1. The molecule has 0 radical (unpaired) electrons. The molecule has 0 saturated heterocycles. The highest BCUT2D eigenvalue weighted by Gasteiger charge is 2.29. The number of amides is 1. The smallest absolute Gasteiger partial charge is 0.338 e. The van der Waals surface area contributed by atoms with Gasteiger partial charge >= 0.3 is 5.97 Å². The van der Waals surface area contributed by atoms with Gasteiger partial charge in [-0.25, -0.2) is 4.79 Å². The maximum absolute atomic E-state index is 12.8. The van der Waals surface area contributed by atoms with E-state index >= 15 is 0 Å². The molecule has 1 N–H and O–H groups in total. The average Bonchev–Trinajstić information content (AvgIpc) is 2.81. The number of benzene rings is 3. The molecule has 33 heavy (non-hydrogen) atoms. The highest BCUT2D eigenvalue weighted by molar-refractivity contribution is 6.28. The molecule has 9 nitrogen and oxygen atoms in total. The predicted molar refractivity (Wildman–Crippen MR) is 116 cm³/mol. The van der Waals surface area contributed by atoms with E-state index in [-0.39, 0.29) is 39.6 Å². The number of ether oxygens (including phenoxy) is 1. The summed E-state index contributed by atoms with van der Waals surface area (Å²) in [6.07, 6.45) is 0. The van der Waals surface area contributed by atoms with Crippen LogP contribution in [0.1, 0.15) is 47.8 Å². The molecule has 0 fully saturated rings. The maximum Gasteiger partial charge on any atom is 0.338 e. The third-order valence-corrected chi connectivity index (χ3v) is 5.18. The standard InChI is InChI=1S/C24H16N2O7/c1-13-6-7-14(10-20(13)26(31)32)24(30)33-12-21(27)25-15-8-9-18-19(11-15)23(29)17-5-3-2-4-16(17)22(18)28/h2-11H,12H2,1H3,(H,25,27). The van der Waals surface area contributed by atoms with Crippen LogP contribution in [0.5, 0.6) is 0 Å². The Balaban J connectivity index is 1.44. The molecule has 1 aliphatic carbocycles. The molecular weight excluding hydrogens is 428 g/mol. The van der Waals surface area contributed by atoms with Gasteiger partial charge in [0.2, 0.25) is 0 Å². The monoisotopic (exact) mass is 444 g/mol. The molecule has 0 saturated carbocycles. The molecule has 0 bridgehead atoms. The van der Waals surface area contributed by atoms with E-state index in [0.717, 1.165) is 6.07 Å². The molecule has 4 rings (SSSR count). The highest BCUT2D eigenvalue weighted by atomic mass is 16.6. The summed E-state index contributed by atoms with van der Waals surface area (Å²) in [6, 6.07) is 14.7. The summed E-state index contributed by atoms with van der Waals surface area (Å²) < 4.78 is 4.94. The Hall–Kier alpha value is -4.66. The highest BCUT2D eigenvalue weighted by Crippen LogP contribution is 2.29. The van der Waals surface area contributed by atoms with Crippen LogP contribution < -0.4 is 5.32 Å². The average molecular weight is 444 g/mol. The van der Waals surface area contributed by atoms with Crippen LogP contribution >= 0.6 is 0 Å². The zero-order valence-electron chi connectivity index (χ0n) is 17.3. The summed E-state index contributed by atoms with van der Waals surface area (Å²) in [6.45, 7) is 0.892. The Morgan fingerprint density at radius 1 is 0.909 bits per heavy atom. The van der Waals surface area contributed by atoms with Gasteiger partial charge in [0, 0.05) is 39.6 Å². The Morgan fingerprint density at radius 2 is 1.55 bits per heavy atom. The largest absolute Gasteiger partial charge is 0.452 e. The van der Waals surface area contributed by atoms with Crippen molar-refractivity contribution in [2.24, 2.45) is 0 Å². The number of carbonyl (C=O) groups excluding carboxylic acids is 4. The number of rotatable bonds is 5. The summed E-state index contributed by atoms with van der Waals surface area (Å²) >= 11 is 0. The van der Waals surface area contributed by atoms with Crippen molar-refractivity contribution < 1.29 is 28.8 Å². The van der Waals surface area contributed by atoms with Gasteiger partial charge in [0.15, 0.2) is 18.2 Å². The van der Waals surface area contributed by atoms with Crippen molar-refractivity contribution in [3.63, 3.8) is 0 Å². The fourth-order valence-electron chi connectivity index (χ4n) is 3.52. The fourth-order valence-corrected chi connectivity index (χ4v) is 3.52. The van der Waals surface area contributed by atoms with Crippen molar-refractivity contribution in [1.29, 1.82) is 0 Å². The first-order chi connectivity index (χ1) is 15.8. The molecule has 1 aliphatic rings. The van der Waals surface area contributed by atoms with E-state index in [1.54, 1.807) is 24.3 Å². The van der Waals surface area contributed by atoms with Gasteiger partial charge in [-0.05, 0) is 31.2 Å². The minimum Gasteiger partial charge on any atom is -0.452 e. The van der Waals surface area contributed by atoms with Gasteiger partial charge in [0.1, 0.15) is 0 Å². The predicted octanol–water partition coefficient (Wildman–Crippen LogP) is 3.47. The first-order valence-corrected chi connectivity index (χ1v) is 9.81. The number of ketones is 2. The molecule has 0 atom stereocenters. The number of carbonyl (C=O) groups is 4. The zero-order chi connectivity index (χ0) is 23.7. The summed E-state index contributed by atoms with van der Waals surface area (Å²) in [7, 11) is 0. The molecule has 1 amide bonds. The number of nitro benzene ring substituents is 1. The van der Waals surface area contributed by atoms with Gasteiger partial charge in [0.25, 0.3) is 11.6 Å². The zero-order valence-corrected chi connectivity index (χ0v) is 17.3. The van der Waals surface area contributed by atoms with Crippen molar-refractivity contribution in [1.82, 2.24) is 0 Å². The quantitative estimate of drug-likeness (QED) is 0.283. The lowest BCUT2D eigenvalue weighted by Crippen LogP contribution is -2.23. The van der Waals surface area contributed by atoms with Crippen molar-refractivity contribution in [2.75, 3.05) is 11.9 Å². The summed E-state index contributed by atoms with van der Waals surface area (Å²) in [4.78, 5) is 60.2. The number of aryl methyl sites for hydroxylation is 1. The molecule has 0 unspecified atom stereocenters. The van der Waals surface area contributed by atoms with Crippen LogP contribution in [-0.2, 0) is 9.53 Å². The van der Waals surface area contributed by atoms with Gasteiger partial charge in [-0.2, -0.15) is 0 Å². The lowest BCUT2D eigenvalue weighted by molar-refractivity contribution is -0.385. The van der Waals surface area contributed by atoms with E-state index in [1.165, 1.54) is 37.3 Å². The van der Waals surface area contributed by atoms with E-state index in [1.807, 2.05) is 0 Å². The normalized spacial score (nSPS) is 11.9. The molecule has 9 heteroatoms. The maximum atomic E-state index is 12.8. The van der Waals surface area contributed by atoms with E-state index < -0.39 is 23.4 Å². The van der Waals surface area contributed by atoms with Crippen LogP contribution in [0.4, 0.5) is 11.4 Å². The van der Waals surface area contributed by atoms with Crippen LogP contribution in [0, 0.1) is 17.0 Å². The molecule has 3 aromatic carbocycles. The minimum absolute atomic E-state index is 0.0587. The van der Waals surface area contributed by atoms with Crippen molar-refractivity contribution in [3.05, 3.63) is 104 Å². The SMILES string of the molecule is Cc1ccc(C(=O)OCC(=O)Nc2ccc3c(c2)C(=O)c2ccccc2C3=O)cc1[N+](=O)[O-]. The second-order valence-electron chi connectivity index (χ2n) is 7.35. The second kappa shape index (κ2) is 8.46. The molecule has 0 spiro atoms. The lowest BCUT2D eigenvalue weighted by Gasteiger charge is -2.18. The van der Waals surface area contributed by atoms with E-state index in [4.69, 9.17) is 4.74 Å². The Bertz CT molecular complexity index is 1360. The fraction of sp³-hybridized carbons (Fsp3) is 0.0833. The van der Waals surface area contributed by atoms with Crippen LogP contribution in [0.15, 0.2) is 60.7 Å². The van der Waals surface area contributed by atoms with Crippen molar-refractivity contribution >= 4 is 34.8 Å². The van der Waals surface area contributed by atoms with Gasteiger partial charge in [-0.1, -0.05) is 30.3 Å². The van der Waals surface area contributed by atoms with Crippen LogP contribution in [0.3, 0.4) is 0 Å². The van der Waals surface area contributed by atoms with Crippen LogP contribution in [0.25, 0.3) is 0 Å². The Kier molecular flexibility index (Phi) is 5.53. The van der Waals surface area contributed by atoms with Crippen molar-refractivity contribution in [3.8, 4) is 0 Å². The number of anilines is 1. The van der Waals surface area contributed by atoms with E-state index in [0.29, 0.717) is 16.7 Å². The van der Waals surface area contributed by atoms with Crippen LogP contribution in [0.2, 0.25) is 0 Å². The molecule has 3 aromatic rings.